The van der Waals surface area contributed by atoms with E-state index in [9.17, 15) is 4.79 Å². The molecule has 9 heteroatoms. The zero-order chi connectivity index (χ0) is 22.1. The minimum absolute atomic E-state index is 0.0754. The fourth-order valence-electron chi connectivity index (χ4n) is 5.33. The Hall–Kier alpha value is -2.78. The Morgan fingerprint density at radius 2 is 1.94 bits per heavy atom. The SMILES string of the molecule is CC1(C)CCC(c2noc(C3N=CN4c5ccccc5N(C5(C)CCCO5)C(=O)C34)n2)O1. The van der Waals surface area contributed by atoms with Gasteiger partial charge in [0.05, 0.1) is 23.3 Å². The van der Waals surface area contributed by atoms with Crippen molar-refractivity contribution in [1.82, 2.24) is 10.1 Å². The normalized spacial score (nSPS) is 33.1. The summed E-state index contributed by atoms with van der Waals surface area (Å²) in [7, 11) is 0. The van der Waals surface area contributed by atoms with Crippen LogP contribution in [0.15, 0.2) is 33.8 Å². The first-order valence-corrected chi connectivity index (χ1v) is 11.3. The van der Waals surface area contributed by atoms with Crippen molar-refractivity contribution in [2.24, 2.45) is 4.99 Å². The maximum absolute atomic E-state index is 13.9. The number of hydrogen-bond donors (Lipinski definition) is 0. The van der Waals surface area contributed by atoms with Gasteiger partial charge in [-0.15, -0.1) is 0 Å². The molecule has 0 radical (unpaired) electrons. The lowest BCUT2D eigenvalue weighted by molar-refractivity contribution is -0.125. The van der Waals surface area contributed by atoms with Gasteiger partial charge in [0.15, 0.2) is 6.04 Å². The predicted octanol–water partition coefficient (Wildman–Crippen LogP) is 3.53. The van der Waals surface area contributed by atoms with Gasteiger partial charge >= 0.3 is 0 Å². The number of aromatic nitrogens is 2. The molecule has 168 valence electrons. The highest BCUT2D eigenvalue weighted by molar-refractivity contribution is 6.12. The van der Waals surface area contributed by atoms with Gasteiger partial charge in [-0.2, -0.15) is 4.98 Å². The average Bonchev–Trinajstić information content (AvgIpc) is 3.53. The Balaban J connectivity index is 1.35. The van der Waals surface area contributed by atoms with Crippen LogP contribution in [0.2, 0.25) is 0 Å². The van der Waals surface area contributed by atoms with Crippen molar-refractivity contribution < 1.29 is 18.8 Å². The molecule has 4 aliphatic rings. The fraction of sp³-hybridized carbons (Fsp3) is 0.565. The summed E-state index contributed by atoms with van der Waals surface area (Å²) in [6, 6.07) is 6.69. The van der Waals surface area contributed by atoms with E-state index in [-0.39, 0.29) is 17.6 Å². The first-order chi connectivity index (χ1) is 15.4. The van der Waals surface area contributed by atoms with Crippen LogP contribution in [-0.4, -0.2) is 46.4 Å². The van der Waals surface area contributed by atoms with Crippen LogP contribution < -0.4 is 9.80 Å². The summed E-state index contributed by atoms with van der Waals surface area (Å²) in [4.78, 5) is 26.9. The van der Waals surface area contributed by atoms with Crippen LogP contribution in [-0.2, 0) is 14.3 Å². The Bertz CT molecular complexity index is 1090. The minimum Gasteiger partial charge on any atom is -0.364 e. The fourth-order valence-corrected chi connectivity index (χ4v) is 5.33. The van der Waals surface area contributed by atoms with Gasteiger partial charge in [0, 0.05) is 6.61 Å². The predicted molar refractivity (Wildman–Crippen MR) is 116 cm³/mol. The van der Waals surface area contributed by atoms with Crippen molar-refractivity contribution in [3.8, 4) is 0 Å². The van der Waals surface area contributed by atoms with E-state index in [1.807, 2.05) is 36.1 Å². The Morgan fingerprint density at radius 3 is 2.66 bits per heavy atom. The van der Waals surface area contributed by atoms with Crippen LogP contribution in [0.1, 0.15) is 70.3 Å². The Morgan fingerprint density at radius 1 is 1.12 bits per heavy atom. The third kappa shape index (κ3) is 2.91. The Labute approximate surface area is 186 Å². The highest BCUT2D eigenvalue weighted by Gasteiger charge is 2.53. The molecular formula is C23H27N5O4. The monoisotopic (exact) mass is 437 g/mol. The van der Waals surface area contributed by atoms with Crippen molar-refractivity contribution >= 4 is 23.6 Å². The topological polar surface area (TPSA) is 93.3 Å². The van der Waals surface area contributed by atoms with E-state index in [4.69, 9.17) is 14.0 Å². The van der Waals surface area contributed by atoms with E-state index in [0.717, 1.165) is 37.1 Å². The second kappa shape index (κ2) is 6.86. The van der Waals surface area contributed by atoms with Gasteiger partial charge in [0.25, 0.3) is 11.8 Å². The van der Waals surface area contributed by atoms with Gasteiger partial charge in [-0.3, -0.25) is 14.7 Å². The lowest BCUT2D eigenvalue weighted by Gasteiger charge is -2.45. The first-order valence-electron chi connectivity index (χ1n) is 11.3. The van der Waals surface area contributed by atoms with E-state index in [1.54, 1.807) is 11.2 Å². The van der Waals surface area contributed by atoms with Crippen molar-refractivity contribution in [2.75, 3.05) is 16.4 Å². The van der Waals surface area contributed by atoms with Crippen LogP contribution in [0.5, 0.6) is 0 Å². The van der Waals surface area contributed by atoms with Crippen molar-refractivity contribution in [3.63, 3.8) is 0 Å². The minimum atomic E-state index is -0.685. The molecule has 0 bridgehead atoms. The molecule has 1 aromatic heterocycles. The van der Waals surface area contributed by atoms with Crippen LogP contribution in [0, 0.1) is 0 Å². The van der Waals surface area contributed by atoms with Gasteiger partial charge in [-0.05, 0) is 58.6 Å². The molecule has 6 rings (SSSR count). The van der Waals surface area contributed by atoms with Crippen LogP contribution in [0.4, 0.5) is 11.4 Å². The van der Waals surface area contributed by atoms with Crippen molar-refractivity contribution in [3.05, 3.63) is 36.0 Å². The molecule has 5 heterocycles. The number of carbonyl (C=O) groups is 1. The molecule has 0 N–H and O–H groups in total. The molecule has 2 fully saturated rings. The standard InChI is InChI=1S/C23H27N5O4/c1-22(2)11-9-16(31-22)19-25-20(32-26-19)17-18-21(29)28(23(3)10-6-12-30-23)15-8-5-4-7-14(15)27(18)13-24-17/h4-5,7-8,13,16-18H,6,9-12H2,1-3H3. The zero-order valence-corrected chi connectivity index (χ0v) is 18.5. The van der Waals surface area contributed by atoms with Gasteiger partial charge < -0.3 is 18.9 Å². The van der Waals surface area contributed by atoms with Gasteiger partial charge in [0.2, 0.25) is 5.82 Å². The maximum Gasteiger partial charge on any atom is 0.255 e. The van der Waals surface area contributed by atoms with Crippen molar-refractivity contribution in [1.29, 1.82) is 0 Å². The number of rotatable bonds is 3. The quantitative estimate of drug-likeness (QED) is 0.725. The number of benzene rings is 1. The molecule has 4 aliphatic heterocycles. The third-order valence-corrected chi connectivity index (χ3v) is 6.96. The molecule has 0 spiro atoms. The van der Waals surface area contributed by atoms with Gasteiger partial charge in [-0.25, -0.2) is 0 Å². The number of ether oxygens (including phenoxy) is 2. The van der Waals surface area contributed by atoms with Crippen LogP contribution in [0.3, 0.4) is 0 Å². The zero-order valence-electron chi connectivity index (χ0n) is 18.5. The number of hydrogen-bond acceptors (Lipinski definition) is 8. The molecule has 32 heavy (non-hydrogen) atoms. The lowest BCUT2D eigenvalue weighted by atomic mass is 9.97. The molecule has 4 atom stereocenters. The molecule has 0 saturated carbocycles. The van der Waals surface area contributed by atoms with E-state index < -0.39 is 17.8 Å². The highest BCUT2D eigenvalue weighted by atomic mass is 16.5. The lowest BCUT2D eigenvalue weighted by Crippen LogP contribution is -2.60. The second-order valence-corrected chi connectivity index (χ2v) is 9.75. The van der Waals surface area contributed by atoms with Crippen molar-refractivity contribution in [2.45, 2.75) is 76.0 Å². The van der Waals surface area contributed by atoms with E-state index in [1.165, 1.54) is 0 Å². The molecule has 2 saturated heterocycles. The summed E-state index contributed by atoms with van der Waals surface area (Å²) in [5.41, 5.74) is 0.864. The summed E-state index contributed by atoms with van der Waals surface area (Å²) in [6.45, 7) is 6.75. The molecule has 1 amide bonds. The van der Waals surface area contributed by atoms with E-state index in [2.05, 4.69) is 29.0 Å². The number of para-hydroxylation sites is 2. The summed E-state index contributed by atoms with van der Waals surface area (Å²) in [6.07, 6.45) is 4.98. The molecule has 4 unspecified atom stereocenters. The molecule has 9 nitrogen and oxygen atoms in total. The van der Waals surface area contributed by atoms with Gasteiger partial charge in [0.1, 0.15) is 17.9 Å². The number of nitrogens with zero attached hydrogens (tertiary/aromatic N) is 5. The average molecular weight is 438 g/mol. The van der Waals surface area contributed by atoms with Gasteiger partial charge in [-0.1, -0.05) is 17.3 Å². The number of aliphatic imine (C=N–C) groups is 1. The first kappa shape index (κ1) is 19.9. The maximum atomic E-state index is 13.9. The molecule has 0 aliphatic carbocycles. The number of fused-ring (bicyclic) bond motifs is 3. The summed E-state index contributed by atoms with van der Waals surface area (Å²) in [5.74, 6) is 0.779. The smallest absolute Gasteiger partial charge is 0.255 e. The van der Waals surface area contributed by atoms with E-state index >= 15 is 0 Å². The number of anilines is 2. The highest BCUT2D eigenvalue weighted by Crippen LogP contribution is 2.47. The van der Waals surface area contributed by atoms with Crippen LogP contribution in [0.25, 0.3) is 0 Å². The Kier molecular flexibility index (Phi) is 4.26. The molecule has 1 aromatic carbocycles. The summed E-state index contributed by atoms with van der Waals surface area (Å²) in [5, 5.41) is 4.17. The number of carbonyl (C=O) groups excluding carboxylic acids is 1. The number of amides is 1. The summed E-state index contributed by atoms with van der Waals surface area (Å²) >= 11 is 0. The summed E-state index contributed by atoms with van der Waals surface area (Å²) < 4.78 is 17.7. The van der Waals surface area contributed by atoms with Crippen LogP contribution >= 0.6 is 0 Å². The molecular weight excluding hydrogens is 410 g/mol. The largest absolute Gasteiger partial charge is 0.364 e. The second-order valence-electron chi connectivity index (χ2n) is 9.75. The third-order valence-electron chi connectivity index (χ3n) is 6.96. The van der Waals surface area contributed by atoms with E-state index in [0.29, 0.717) is 18.3 Å². The molecule has 2 aromatic rings.